The number of H-pyrrole nitrogens is 1. The van der Waals surface area contributed by atoms with E-state index < -0.39 is 0 Å². The van der Waals surface area contributed by atoms with E-state index in [1.807, 2.05) is 31.2 Å². The zero-order valence-electron chi connectivity index (χ0n) is 14.3. The topological polar surface area (TPSA) is 89.1 Å². The number of rotatable bonds is 7. The van der Waals surface area contributed by atoms with Crippen LogP contribution in [0.4, 0.5) is 0 Å². The lowest BCUT2D eigenvalue weighted by Crippen LogP contribution is -2.36. The Hall–Kier alpha value is -2.06. The highest BCUT2D eigenvalue weighted by Gasteiger charge is 2.20. The van der Waals surface area contributed by atoms with Gasteiger partial charge in [0.25, 0.3) is 0 Å². The van der Waals surface area contributed by atoms with Gasteiger partial charge in [-0.05, 0) is 44.0 Å². The molecule has 1 aliphatic heterocycles. The van der Waals surface area contributed by atoms with Crippen molar-refractivity contribution in [3.05, 3.63) is 24.3 Å². The number of aromatic amines is 1. The summed E-state index contributed by atoms with van der Waals surface area (Å²) < 4.78 is 10.7. The van der Waals surface area contributed by atoms with Crippen LogP contribution in [0, 0.1) is 0 Å². The third kappa shape index (κ3) is 4.73. The van der Waals surface area contributed by atoms with Crippen LogP contribution in [0.25, 0.3) is 11.4 Å². The Morgan fingerprint density at radius 1 is 1.48 bits per heavy atom. The number of carbonyl (C=O) groups is 1. The molecule has 0 radical (unpaired) electrons. The SMILES string of the molecule is COc1ccc(-c2nc(S[C@@H](C)C(=O)NC[C@@H]3CCCO3)n[nH]2)cc1. The highest BCUT2D eigenvalue weighted by molar-refractivity contribution is 8.00. The average Bonchev–Trinajstić information content (AvgIpc) is 3.31. The second-order valence-electron chi connectivity index (χ2n) is 5.84. The van der Waals surface area contributed by atoms with Crippen LogP contribution < -0.4 is 10.1 Å². The average molecular weight is 362 g/mol. The Morgan fingerprint density at radius 3 is 2.96 bits per heavy atom. The van der Waals surface area contributed by atoms with Gasteiger partial charge in [-0.2, -0.15) is 0 Å². The second-order valence-corrected chi connectivity index (χ2v) is 7.14. The lowest BCUT2D eigenvalue weighted by atomic mass is 10.2. The molecule has 7 nitrogen and oxygen atoms in total. The van der Waals surface area contributed by atoms with Crippen LogP contribution in [-0.4, -0.2) is 52.7 Å². The molecule has 0 bridgehead atoms. The Kier molecular flexibility index (Phi) is 5.93. The quantitative estimate of drug-likeness (QED) is 0.735. The summed E-state index contributed by atoms with van der Waals surface area (Å²) in [4.78, 5) is 16.6. The summed E-state index contributed by atoms with van der Waals surface area (Å²) in [5.41, 5.74) is 0.913. The zero-order chi connectivity index (χ0) is 17.6. The van der Waals surface area contributed by atoms with E-state index in [9.17, 15) is 4.79 Å². The van der Waals surface area contributed by atoms with Gasteiger partial charge in [0.2, 0.25) is 11.1 Å². The molecule has 1 fully saturated rings. The normalized spacial score (nSPS) is 18.1. The summed E-state index contributed by atoms with van der Waals surface area (Å²) >= 11 is 1.33. The minimum Gasteiger partial charge on any atom is -0.497 e. The van der Waals surface area contributed by atoms with Gasteiger partial charge in [0.05, 0.1) is 18.5 Å². The fourth-order valence-electron chi connectivity index (χ4n) is 2.55. The molecular weight excluding hydrogens is 340 g/mol. The Bertz CT molecular complexity index is 698. The Morgan fingerprint density at radius 2 is 2.28 bits per heavy atom. The lowest BCUT2D eigenvalue weighted by molar-refractivity contribution is -0.120. The third-order valence-electron chi connectivity index (χ3n) is 4.01. The first kappa shape index (κ1) is 17.8. The molecule has 2 aromatic rings. The van der Waals surface area contributed by atoms with Gasteiger partial charge in [0.15, 0.2) is 5.82 Å². The van der Waals surface area contributed by atoms with E-state index in [1.165, 1.54) is 11.8 Å². The number of amides is 1. The van der Waals surface area contributed by atoms with Crippen molar-refractivity contribution < 1.29 is 14.3 Å². The first-order valence-corrected chi connectivity index (χ1v) is 9.16. The number of nitrogens with one attached hydrogen (secondary N) is 2. The molecule has 3 rings (SSSR count). The van der Waals surface area contributed by atoms with Crippen molar-refractivity contribution in [1.82, 2.24) is 20.5 Å². The van der Waals surface area contributed by atoms with Gasteiger partial charge in [-0.15, -0.1) is 5.10 Å². The maximum Gasteiger partial charge on any atom is 0.233 e. The number of nitrogens with zero attached hydrogens (tertiary/aromatic N) is 2. The van der Waals surface area contributed by atoms with Crippen molar-refractivity contribution >= 4 is 17.7 Å². The minimum absolute atomic E-state index is 0.0312. The molecule has 1 saturated heterocycles. The van der Waals surface area contributed by atoms with Crippen LogP contribution in [0.15, 0.2) is 29.4 Å². The van der Waals surface area contributed by atoms with Gasteiger partial charge in [0, 0.05) is 18.7 Å². The molecule has 8 heteroatoms. The second kappa shape index (κ2) is 8.35. The number of aromatic nitrogens is 3. The van der Waals surface area contributed by atoms with E-state index in [0.29, 0.717) is 17.5 Å². The largest absolute Gasteiger partial charge is 0.497 e. The van der Waals surface area contributed by atoms with Gasteiger partial charge in [-0.3, -0.25) is 9.89 Å². The number of ether oxygens (including phenoxy) is 2. The van der Waals surface area contributed by atoms with Crippen LogP contribution >= 0.6 is 11.8 Å². The maximum absolute atomic E-state index is 12.2. The smallest absolute Gasteiger partial charge is 0.233 e. The number of hydrogen-bond acceptors (Lipinski definition) is 6. The van der Waals surface area contributed by atoms with E-state index in [2.05, 4.69) is 20.5 Å². The van der Waals surface area contributed by atoms with Crippen molar-refractivity contribution in [2.75, 3.05) is 20.3 Å². The van der Waals surface area contributed by atoms with Gasteiger partial charge < -0.3 is 14.8 Å². The van der Waals surface area contributed by atoms with E-state index in [-0.39, 0.29) is 17.3 Å². The molecule has 134 valence electrons. The van der Waals surface area contributed by atoms with Crippen LogP contribution in [-0.2, 0) is 9.53 Å². The zero-order valence-corrected chi connectivity index (χ0v) is 15.1. The van der Waals surface area contributed by atoms with Crippen molar-refractivity contribution in [1.29, 1.82) is 0 Å². The number of benzene rings is 1. The molecule has 25 heavy (non-hydrogen) atoms. The molecule has 2 atom stereocenters. The van der Waals surface area contributed by atoms with E-state index >= 15 is 0 Å². The molecule has 1 aromatic heterocycles. The summed E-state index contributed by atoms with van der Waals surface area (Å²) in [6.45, 7) is 3.20. The number of methoxy groups -OCH3 is 1. The summed E-state index contributed by atoms with van der Waals surface area (Å²) in [5, 5.41) is 10.3. The Balaban J connectivity index is 1.53. The van der Waals surface area contributed by atoms with Gasteiger partial charge in [-0.1, -0.05) is 11.8 Å². The maximum atomic E-state index is 12.2. The van der Waals surface area contributed by atoms with Crippen LogP contribution in [0.5, 0.6) is 5.75 Å². The van der Waals surface area contributed by atoms with Crippen LogP contribution in [0.2, 0.25) is 0 Å². The first-order chi connectivity index (χ1) is 12.2. The summed E-state index contributed by atoms with van der Waals surface area (Å²) in [7, 11) is 1.63. The summed E-state index contributed by atoms with van der Waals surface area (Å²) in [6.07, 6.45) is 2.22. The number of thioether (sulfide) groups is 1. The highest BCUT2D eigenvalue weighted by atomic mass is 32.2. The van der Waals surface area contributed by atoms with Crippen molar-refractivity contribution in [3.63, 3.8) is 0 Å². The molecule has 1 aromatic carbocycles. The monoisotopic (exact) mass is 362 g/mol. The molecule has 0 unspecified atom stereocenters. The van der Waals surface area contributed by atoms with E-state index in [1.54, 1.807) is 7.11 Å². The number of hydrogen-bond donors (Lipinski definition) is 2. The summed E-state index contributed by atoms with van der Waals surface area (Å²) in [5.74, 6) is 1.42. The Labute approximate surface area is 150 Å². The van der Waals surface area contributed by atoms with Gasteiger partial charge in [0.1, 0.15) is 5.75 Å². The molecule has 0 saturated carbocycles. The predicted molar refractivity (Wildman–Crippen MR) is 95.7 cm³/mol. The highest BCUT2D eigenvalue weighted by Crippen LogP contribution is 2.24. The van der Waals surface area contributed by atoms with Gasteiger partial charge >= 0.3 is 0 Å². The molecular formula is C17H22N4O3S. The molecule has 0 spiro atoms. The fourth-order valence-corrected chi connectivity index (χ4v) is 3.30. The van der Waals surface area contributed by atoms with E-state index in [4.69, 9.17) is 9.47 Å². The fraction of sp³-hybridized carbons (Fsp3) is 0.471. The lowest BCUT2D eigenvalue weighted by Gasteiger charge is -2.13. The number of carbonyl (C=O) groups excluding carboxylic acids is 1. The third-order valence-corrected chi connectivity index (χ3v) is 4.97. The minimum atomic E-state index is -0.277. The van der Waals surface area contributed by atoms with Gasteiger partial charge in [-0.25, -0.2) is 4.98 Å². The van der Waals surface area contributed by atoms with Crippen LogP contribution in [0.1, 0.15) is 19.8 Å². The van der Waals surface area contributed by atoms with Crippen molar-refractivity contribution in [3.8, 4) is 17.1 Å². The predicted octanol–water partition coefficient (Wildman–Crippen LogP) is 2.26. The molecule has 1 amide bonds. The molecule has 1 aliphatic rings. The first-order valence-electron chi connectivity index (χ1n) is 8.28. The van der Waals surface area contributed by atoms with E-state index in [0.717, 1.165) is 30.8 Å². The van der Waals surface area contributed by atoms with Crippen molar-refractivity contribution in [2.45, 2.75) is 36.3 Å². The van der Waals surface area contributed by atoms with Crippen LogP contribution in [0.3, 0.4) is 0 Å². The molecule has 2 N–H and O–H groups in total. The summed E-state index contributed by atoms with van der Waals surface area (Å²) in [6, 6.07) is 7.55. The standard InChI is InChI=1S/C17H22N4O3S/c1-11(16(22)18-10-14-4-3-9-24-14)25-17-19-15(20-21-17)12-5-7-13(23-2)8-6-12/h5-8,11,14H,3-4,9-10H2,1-2H3,(H,18,22)(H,19,20,21)/t11-,14-/m0/s1. The molecule has 2 heterocycles. The molecule has 0 aliphatic carbocycles. The van der Waals surface area contributed by atoms with Crippen molar-refractivity contribution in [2.24, 2.45) is 0 Å².